The lowest BCUT2D eigenvalue weighted by atomic mass is 9.69. The van der Waals surface area contributed by atoms with Crippen LogP contribution in [0.25, 0.3) is 0 Å². The van der Waals surface area contributed by atoms with Crippen LogP contribution < -0.4 is 0 Å². The van der Waals surface area contributed by atoms with Gasteiger partial charge in [0.15, 0.2) is 0 Å². The van der Waals surface area contributed by atoms with Crippen molar-refractivity contribution in [1.29, 1.82) is 0 Å². The molecule has 1 aliphatic rings. The van der Waals surface area contributed by atoms with Crippen LogP contribution in [0.2, 0.25) is 0 Å². The summed E-state index contributed by atoms with van der Waals surface area (Å²) < 4.78 is 0. The van der Waals surface area contributed by atoms with Gasteiger partial charge in [-0.25, -0.2) is 4.89 Å². The third-order valence-electron chi connectivity index (χ3n) is 3.22. The van der Waals surface area contributed by atoms with E-state index in [-0.39, 0.29) is 22.7 Å². The Hall–Kier alpha value is -0.160. The molecular formula is C17H33O4-. The maximum atomic E-state index is 5.75. The highest BCUT2D eigenvalue weighted by atomic mass is 17.2. The highest BCUT2D eigenvalue weighted by Gasteiger charge is 2.37. The van der Waals surface area contributed by atoms with E-state index in [4.69, 9.17) is 19.6 Å². The Labute approximate surface area is 130 Å². The zero-order chi connectivity index (χ0) is 16.5. The van der Waals surface area contributed by atoms with Gasteiger partial charge >= 0.3 is 0 Å². The van der Waals surface area contributed by atoms with Crippen LogP contribution in [0.5, 0.6) is 0 Å². The number of hydrogen-bond acceptors (Lipinski definition) is 4. The minimum Gasteiger partial charge on any atom is -0.407 e. The Morgan fingerprint density at radius 1 is 0.952 bits per heavy atom. The molecule has 2 unspecified atom stereocenters. The van der Waals surface area contributed by atoms with Crippen molar-refractivity contribution in [2.24, 2.45) is 11.3 Å². The molecule has 0 radical (unpaired) electrons. The van der Waals surface area contributed by atoms with Crippen molar-refractivity contribution in [3.63, 3.8) is 0 Å². The fourth-order valence-electron chi connectivity index (χ4n) is 2.60. The van der Waals surface area contributed by atoms with Gasteiger partial charge < -0.3 is 4.89 Å². The van der Waals surface area contributed by atoms with Crippen molar-refractivity contribution in [2.45, 2.75) is 92.5 Å². The van der Waals surface area contributed by atoms with Gasteiger partial charge in [-0.15, -0.1) is 12.5 Å². The van der Waals surface area contributed by atoms with Crippen LogP contribution in [0.1, 0.15) is 75.2 Å². The van der Waals surface area contributed by atoms with Gasteiger partial charge in [-0.1, -0.05) is 26.7 Å². The van der Waals surface area contributed by atoms with Gasteiger partial charge in [0, 0.05) is 6.10 Å². The van der Waals surface area contributed by atoms with Crippen LogP contribution in [-0.4, -0.2) is 17.3 Å². The van der Waals surface area contributed by atoms with Gasteiger partial charge in [0.2, 0.25) is 0 Å². The summed E-state index contributed by atoms with van der Waals surface area (Å²) in [6, 6.07) is 0. The maximum absolute atomic E-state index is 5.75. The van der Waals surface area contributed by atoms with E-state index in [2.05, 4.69) is 20.8 Å². The van der Waals surface area contributed by atoms with E-state index in [0.717, 1.165) is 18.9 Å². The standard InChI is InChI=1S/C17H33O4/c1-12-10-13(18-20-15(2,3)4)14(17(8,9)11-12)19-21-16(5,6)7/h12,14H,10-11H2,1-9H3/q-1. The fraction of sp³-hybridized carbons (Fsp3) is 0.941. The molecule has 0 aliphatic heterocycles. The molecular weight excluding hydrogens is 268 g/mol. The largest absolute Gasteiger partial charge is 0.407 e. The Morgan fingerprint density at radius 3 is 1.95 bits per heavy atom. The molecule has 0 aromatic rings. The predicted octanol–water partition coefficient (Wildman–Crippen LogP) is 4.84. The van der Waals surface area contributed by atoms with Crippen LogP contribution in [-0.2, 0) is 19.6 Å². The molecule has 0 N–H and O–H groups in total. The lowest BCUT2D eigenvalue weighted by Gasteiger charge is -2.53. The van der Waals surface area contributed by atoms with Crippen LogP contribution >= 0.6 is 0 Å². The first kappa shape index (κ1) is 18.9. The first-order valence-electron chi connectivity index (χ1n) is 7.86. The molecule has 0 amide bonds. The third-order valence-corrected chi connectivity index (χ3v) is 3.22. The van der Waals surface area contributed by atoms with E-state index in [1.165, 1.54) is 0 Å². The second-order valence-electron chi connectivity index (χ2n) is 8.92. The van der Waals surface area contributed by atoms with Crippen molar-refractivity contribution in [3.8, 4) is 0 Å². The Bertz CT molecular complexity index is 325. The van der Waals surface area contributed by atoms with Gasteiger partial charge in [0.25, 0.3) is 0 Å². The van der Waals surface area contributed by atoms with E-state index in [0.29, 0.717) is 5.92 Å². The molecule has 2 atom stereocenters. The third kappa shape index (κ3) is 6.64. The van der Waals surface area contributed by atoms with Crippen molar-refractivity contribution in [3.05, 3.63) is 6.10 Å². The SMILES string of the molecule is CC1C[C-](OOC(C)(C)C)C(OOC(C)(C)C)C(C)(C)C1. The molecule has 0 bridgehead atoms. The quantitative estimate of drug-likeness (QED) is 0.423. The molecule has 0 aromatic carbocycles. The van der Waals surface area contributed by atoms with Crippen molar-refractivity contribution >= 4 is 0 Å². The monoisotopic (exact) mass is 301 g/mol. The molecule has 126 valence electrons. The van der Waals surface area contributed by atoms with Gasteiger partial charge in [-0.3, -0.25) is 9.78 Å². The summed E-state index contributed by atoms with van der Waals surface area (Å²) in [5.74, 6) is 0.535. The summed E-state index contributed by atoms with van der Waals surface area (Å²) in [5, 5.41) is 0. The summed E-state index contributed by atoms with van der Waals surface area (Å²) >= 11 is 0. The van der Waals surface area contributed by atoms with Crippen LogP contribution in [0.15, 0.2) is 0 Å². The fourth-order valence-corrected chi connectivity index (χ4v) is 2.60. The highest BCUT2D eigenvalue weighted by molar-refractivity contribution is 5.02. The first-order chi connectivity index (χ1) is 9.30. The van der Waals surface area contributed by atoms with Gasteiger partial charge in [0.1, 0.15) is 0 Å². The smallest absolute Gasteiger partial charge is 0.0951 e. The van der Waals surface area contributed by atoms with Crippen molar-refractivity contribution in [2.75, 3.05) is 0 Å². The number of hydrogen-bond donors (Lipinski definition) is 0. The summed E-state index contributed by atoms with van der Waals surface area (Å²) in [7, 11) is 0. The molecule has 1 fully saturated rings. The molecule has 21 heavy (non-hydrogen) atoms. The Morgan fingerprint density at radius 2 is 1.48 bits per heavy atom. The van der Waals surface area contributed by atoms with E-state index in [1.807, 2.05) is 41.5 Å². The van der Waals surface area contributed by atoms with E-state index in [1.54, 1.807) is 0 Å². The lowest BCUT2D eigenvalue weighted by molar-refractivity contribution is -0.422. The second kappa shape index (κ2) is 6.53. The van der Waals surface area contributed by atoms with Crippen molar-refractivity contribution < 1.29 is 19.6 Å². The Kier molecular flexibility index (Phi) is 5.87. The molecule has 1 aliphatic carbocycles. The van der Waals surface area contributed by atoms with Crippen LogP contribution in [0.4, 0.5) is 0 Å². The zero-order valence-corrected chi connectivity index (χ0v) is 15.2. The summed E-state index contributed by atoms with van der Waals surface area (Å²) in [4.78, 5) is 22.4. The normalized spacial score (nSPS) is 27.9. The first-order valence-corrected chi connectivity index (χ1v) is 7.86. The van der Waals surface area contributed by atoms with E-state index in [9.17, 15) is 0 Å². The second-order valence-corrected chi connectivity index (χ2v) is 8.92. The minimum atomic E-state index is -0.354. The highest BCUT2D eigenvalue weighted by Crippen LogP contribution is 2.46. The zero-order valence-electron chi connectivity index (χ0n) is 15.2. The van der Waals surface area contributed by atoms with Gasteiger partial charge in [-0.2, -0.15) is 0 Å². The molecule has 1 saturated carbocycles. The number of rotatable bonds is 4. The summed E-state index contributed by atoms with van der Waals surface area (Å²) in [6.45, 7) is 18.4. The molecule has 0 saturated heterocycles. The average Bonchev–Trinajstić information content (AvgIpc) is 2.20. The van der Waals surface area contributed by atoms with Gasteiger partial charge in [0.05, 0.1) is 11.2 Å². The summed E-state index contributed by atoms with van der Waals surface area (Å²) in [6.07, 6.45) is 2.49. The molecule has 4 heteroatoms. The topological polar surface area (TPSA) is 36.9 Å². The predicted molar refractivity (Wildman–Crippen MR) is 83.1 cm³/mol. The van der Waals surface area contributed by atoms with Crippen LogP contribution in [0.3, 0.4) is 0 Å². The maximum Gasteiger partial charge on any atom is 0.0951 e. The molecule has 0 heterocycles. The Balaban J connectivity index is 2.77. The van der Waals surface area contributed by atoms with Crippen LogP contribution in [0, 0.1) is 17.4 Å². The lowest BCUT2D eigenvalue weighted by Crippen LogP contribution is -2.46. The molecule has 0 aromatic heterocycles. The van der Waals surface area contributed by atoms with E-state index >= 15 is 0 Å². The minimum absolute atomic E-state index is 0.0561. The average molecular weight is 301 g/mol. The molecule has 0 spiro atoms. The van der Waals surface area contributed by atoms with E-state index < -0.39 is 0 Å². The van der Waals surface area contributed by atoms with Gasteiger partial charge in [-0.05, 0) is 53.4 Å². The molecule has 4 nitrogen and oxygen atoms in total. The molecule has 1 rings (SSSR count). The summed E-state index contributed by atoms with van der Waals surface area (Å²) in [5.41, 5.74) is -0.762. The van der Waals surface area contributed by atoms with Crippen molar-refractivity contribution in [1.82, 2.24) is 0 Å².